The molecule has 77 heavy (non-hydrogen) atoms. The molecule has 0 radical (unpaired) electrons. The van der Waals surface area contributed by atoms with Gasteiger partial charge in [0.05, 0.1) is 107 Å². The standard InChI is InChI=1S/C40H22O37/c1-2-3-74-34(65)18-14(32(61)62)15(33(63)64)19(37(68)75-35(66)16-10(28(53)54)6(24(45)46)4(22(41)42)7(25(47)48)11(16)29(55)56)20(21(18)39(70)77-40(71,72)73)38(69)76-36(67)17-12(30(57)58)8(26(49)50)5(23(43)44)9(27(51)52)13(17)31(59)60/h71-73H,2-3H2,1H3,(H,41,42)(H,43,44)(H,45,46)(H,47,48)(H,49,50)(H,51,52)(H,53,54)(H,55,56)(H,57,58)(H,59,60)(H,61,62)(H,63,64). The van der Waals surface area contributed by atoms with E-state index in [9.17, 15) is 163 Å². The van der Waals surface area contributed by atoms with Gasteiger partial charge in [0.1, 0.15) is 0 Å². The van der Waals surface area contributed by atoms with E-state index in [2.05, 4.69) is 18.9 Å². The van der Waals surface area contributed by atoms with Crippen LogP contribution >= 0.6 is 0 Å². The summed E-state index contributed by atoms with van der Waals surface area (Å²) in [5, 5.41) is 148. The summed E-state index contributed by atoms with van der Waals surface area (Å²) in [4.78, 5) is 234. The van der Waals surface area contributed by atoms with E-state index in [1.54, 1.807) is 0 Å². The number of carbonyl (C=O) groups excluding carboxylic acids is 6. The third-order valence-corrected chi connectivity index (χ3v) is 9.33. The molecule has 0 aliphatic carbocycles. The van der Waals surface area contributed by atoms with Gasteiger partial charge in [-0.1, -0.05) is 6.92 Å². The summed E-state index contributed by atoms with van der Waals surface area (Å²) in [6.45, 7) is 0.181. The largest absolute Gasteiger partial charge is 0.478 e. The van der Waals surface area contributed by atoms with Crippen molar-refractivity contribution in [2.75, 3.05) is 6.61 Å². The van der Waals surface area contributed by atoms with Gasteiger partial charge in [0.25, 0.3) is 0 Å². The van der Waals surface area contributed by atoms with E-state index >= 15 is 0 Å². The predicted octanol–water partition coefficient (Wildman–Crippen LogP) is -1.63. The lowest BCUT2D eigenvalue weighted by Gasteiger charge is -2.22. The molecule has 0 bridgehead atoms. The van der Waals surface area contributed by atoms with Crippen LogP contribution in [0.25, 0.3) is 0 Å². The fourth-order valence-corrected chi connectivity index (χ4v) is 6.86. The highest BCUT2D eigenvalue weighted by molar-refractivity contribution is 6.29. The number of carboxylic acid groups (broad SMARTS) is 12. The molecule has 15 N–H and O–H groups in total. The van der Waals surface area contributed by atoms with Gasteiger partial charge >= 0.3 is 114 Å². The maximum Gasteiger partial charge on any atom is 0.455 e. The molecule has 0 atom stereocenters. The molecular weight excluding hydrogens is 1070 g/mol. The average Bonchev–Trinajstić information content (AvgIpc) is 3.28. The predicted molar refractivity (Wildman–Crippen MR) is 218 cm³/mol. The van der Waals surface area contributed by atoms with Crippen LogP contribution in [0.3, 0.4) is 0 Å². The van der Waals surface area contributed by atoms with Crippen molar-refractivity contribution in [3.63, 3.8) is 0 Å². The van der Waals surface area contributed by atoms with Crippen LogP contribution in [0, 0.1) is 0 Å². The minimum Gasteiger partial charge on any atom is -0.478 e. The van der Waals surface area contributed by atoms with Crippen molar-refractivity contribution in [3.05, 3.63) is 100 Å². The molecule has 0 fully saturated rings. The van der Waals surface area contributed by atoms with E-state index in [1.807, 2.05) is 0 Å². The molecule has 0 amide bonds. The van der Waals surface area contributed by atoms with Gasteiger partial charge in [-0.2, -0.15) is 0 Å². The number of hydrogen-bond acceptors (Lipinski definition) is 25. The second-order valence-corrected chi connectivity index (χ2v) is 13.9. The minimum absolute atomic E-state index is 0.352. The first-order valence-corrected chi connectivity index (χ1v) is 19.0. The highest BCUT2D eigenvalue weighted by Gasteiger charge is 2.48. The normalized spacial score (nSPS) is 10.7. The Morgan fingerprint density at radius 2 is 0.429 bits per heavy atom. The smallest absolute Gasteiger partial charge is 0.455 e. The van der Waals surface area contributed by atoms with Crippen molar-refractivity contribution < 1.29 is 182 Å². The SMILES string of the molecule is CCCOC(=O)c1c(C(=O)O)c(C(=O)O)c(C(=O)OC(=O)c2c(C(=O)O)c(C(=O)O)c(C(=O)O)c(C(=O)O)c2C(=O)O)c(C(=O)OC(=O)c2c(C(=O)O)c(C(=O)O)c(C(=O)O)c(C(=O)O)c2C(=O)O)c1C(=O)OC(O)(O)O. The fraction of sp³-hybridized carbons (Fsp3) is 0.100. The second-order valence-electron chi connectivity index (χ2n) is 13.9. The molecule has 37 heteroatoms. The maximum absolute atomic E-state index is 14.5. The van der Waals surface area contributed by atoms with E-state index in [-0.39, 0.29) is 6.42 Å². The summed E-state index contributed by atoms with van der Waals surface area (Å²) in [6.07, 6.45) is -5.34. The first-order valence-electron chi connectivity index (χ1n) is 19.0. The van der Waals surface area contributed by atoms with Gasteiger partial charge in [-0.25, -0.2) is 86.3 Å². The highest BCUT2D eigenvalue weighted by Crippen LogP contribution is 2.37. The average molecular weight is 1090 g/mol. The number of rotatable bonds is 21. The quantitative estimate of drug-likeness (QED) is 0.0246. The molecule has 0 aliphatic rings. The summed E-state index contributed by atoms with van der Waals surface area (Å²) >= 11 is 0. The van der Waals surface area contributed by atoms with Crippen LogP contribution in [0.2, 0.25) is 0 Å². The van der Waals surface area contributed by atoms with Crippen molar-refractivity contribution in [1.82, 2.24) is 0 Å². The molecular formula is C40H22O37. The first kappa shape index (κ1) is 59.7. The lowest BCUT2D eigenvalue weighted by Crippen LogP contribution is -2.37. The molecule has 37 nitrogen and oxygen atoms in total. The van der Waals surface area contributed by atoms with Crippen molar-refractivity contribution in [1.29, 1.82) is 0 Å². The zero-order valence-corrected chi connectivity index (χ0v) is 36.6. The molecule has 3 aromatic carbocycles. The lowest BCUT2D eigenvalue weighted by molar-refractivity contribution is -0.430. The zero-order valence-electron chi connectivity index (χ0n) is 36.6. The number of benzene rings is 3. The Labute approximate surface area is 415 Å². The molecule has 0 saturated carbocycles. The van der Waals surface area contributed by atoms with Crippen LogP contribution in [0.15, 0.2) is 0 Å². The third kappa shape index (κ3) is 11.2. The van der Waals surface area contributed by atoms with Crippen LogP contribution in [-0.4, -0.2) is 197 Å². The molecule has 0 aliphatic heterocycles. The van der Waals surface area contributed by atoms with Crippen molar-refractivity contribution in [2.45, 2.75) is 19.5 Å². The van der Waals surface area contributed by atoms with Crippen LogP contribution in [-0.2, 0) is 18.9 Å². The van der Waals surface area contributed by atoms with Crippen LogP contribution in [0.1, 0.15) is 200 Å². The number of esters is 6. The van der Waals surface area contributed by atoms with Gasteiger partial charge in [0.2, 0.25) is 0 Å². The second kappa shape index (κ2) is 22.0. The summed E-state index contributed by atoms with van der Waals surface area (Å²) in [5.41, 5.74) is -44.4. The Balaban J connectivity index is 2.91. The number of carboxylic acids is 12. The van der Waals surface area contributed by atoms with Gasteiger partial charge in [0, 0.05) is 0 Å². The van der Waals surface area contributed by atoms with Crippen molar-refractivity contribution in [3.8, 4) is 0 Å². The molecule has 0 aromatic heterocycles. The van der Waals surface area contributed by atoms with Crippen LogP contribution in [0.5, 0.6) is 0 Å². The highest BCUT2D eigenvalue weighted by atomic mass is 16.9. The Hall–Kier alpha value is -11.6. The Morgan fingerprint density at radius 3 is 0.610 bits per heavy atom. The van der Waals surface area contributed by atoms with E-state index in [0.29, 0.717) is 0 Å². The van der Waals surface area contributed by atoms with Gasteiger partial charge < -0.3 is 95.5 Å². The van der Waals surface area contributed by atoms with Crippen molar-refractivity contribution in [2.24, 2.45) is 0 Å². The minimum atomic E-state index is -4.99. The van der Waals surface area contributed by atoms with Gasteiger partial charge in [-0.15, -0.1) is 0 Å². The summed E-state index contributed by atoms with van der Waals surface area (Å²) in [6, 6.07) is 0. The molecule has 404 valence electrons. The topological polar surface area (TPSA) is 648 Å². The first-order chi connectivity index (χ1) is 35.3. The number of hydrogen-bond donors (Lipinski definition) is 15. The van der Waals surface area contributed by atoms with Crippen LogP contribution < -0.4 is 0 Å². The summed E-state index contributed by atoms with van der Waals surface area (Å²) in [7, 11) is 0. The summed E-state index contributed by atoms with van der Waals surface area (Å²) < 4.78 is 17.0. The Kier molecular flexibility index (Phi) is 17.1. The number of ether oxygens (including phenoxy) is 4. The monoisotopic (exact) mass is 1090 g/mol. The van der Waals surface area contributed by atoms with Crippen molar-refractivity contribution >= 4 is 107 Å². The molecule has 0 heterocycles. The number of carbonyl (C=O) groups is 18. The van der Waals surface area contributed by atoms with Gasteiger partial charge in [0.15, 0.2) is 0 Å². The van der Waals surface area contributed by atoms with E-state index in [0.717, 1.165) is 6.92 Å². The maximum atomic E-state index is 14.5. The van der Waals surface area contributed by atoms with E-state index < -0.39 is 220 Å². The van der Waals surface area contributed by atoms with Gasteiger partial charge in [-0.3, -0.25) is 0 Å². The summed E-state index contributed by atoms with van der Waals surface area (Å²) in [5.74, 6) is -53.1. The number of aliphatic hydroxyl groups is 3. The lowest BCUT2D eigenvalue weighted by atomic mass is 9.85. The molecule has 3 rings (SSSR count). The molecule has 3 aromatic rings. The Bertz CT molecular complexity index is 3270. The molecule has 0 saturated heterocycles. The van der Waals surface area contributed by atoms with Gasteiger partial charge in [-0.05, 0) is 6.42 Å². The van der Waals surface area contributed by atoms with E-state index in [4.69, 9.17) is 0 Å². The molecule has 0 spiro atoms. The van der Waals surface area contributed by atoms with Crippen LogP contribution in [0.4, 0.5) is 0 Å². The number of aromatic carboxylic acids is 12. The third-order valence-electron chi connectivity index (χ3n) is 9.33. The zero-order chi connectivity index (χ0) is 59.5. The van der Waals surface area contributed by atoms with E-state index in [1.165, 1.54) is 0 Å². The molecule has 0 unspecified atom stereocenters. The Morgan fingerprint density at radius 1 is 0.273 bits per heavy atom. The fourth-order valence-electron chi connectivity index (χ4n) is 6.86.